The average molecular weight is 257 g/mol. The number of benzene rings is 1. The highest BCUT2D eigenvalue weighted by Gasteiger charge is 2.29. The molecule has 19 heavy (non-hydrogen) atoms. The van der Waals surface area contributed by atoms with Crippen LogP contribution in [0.5, 0.6) is 0 Å². The molecule has 0 spiro atoms. The van der Waals surface area contributed by atoms with Crippen molar-refractivity contribution in [2.75, 3.05) is 19.6 Å². The van der Waals surface area contributed by atoms with Gasteiger partial charge in [-0.15, -0.1) is 0 Å². The van der Waals surface area contributed by atoms with Crippen LogP contribution in [-0.4, -0.2) is 47.8 Å². The van der Waals surface area contributed by atoms with Gasteiger partial charge in [-0.3, -0.25) is 9.59 Å². The molecule has 1 aliphatic rings. The molecule has 0 bridgehead atoms. The van der Waals surface area contributed by atoms with Crippen LogP contribution >= 0.6 is 0 Å². The van der Waals surface area contributed by atoms with Crippen molar-refractivity contribution in [1.82, 2.24) is 15.2 Å². The molecule has 3 rings (SSSR count). The maximum atomic E-state index is 12.5. The topological polar surface area (TPSA) is 65.2 Å². The number of hydrogen-bond donors (Lipinski definition) is 2. The summed E-state index contributed by atoms with van der Waals surface area (Å²) in [7, 11) is 0. The summed E-state index contributed by atoms with van der Waals surface area (Å²) in [6, 6.07) is 9.17. The van der Waals surface area contributed by atoms with E-state index in [0.717, 1.165) is 23.9 Å². The van der Waals surface area contributed by atoms with Crippen LogP contribution in [0.25, 0.3) is 10.9 Å². The zero-order valence-corrected chi connectivity index (χ0v) is 10.4. The fourth-order valence-corrected chi connectivity index (χ4v) is 2.48. The smallest absolute Gasteiger partial charge is 0.210 e. The normalized spacial score (nSPS) is 19.6. The molecule has 0 aliphatic carbocycles. The Balaban J connectivity index is 1.91. The highest BCUT2D eigenvalue weighted by atomic mass is 16.1. The molecule has 1 amide bonds. The summed E-state index contributed by atoms with van der Waals surface area (Å²) in [4.78, 5) is 28.2. The third kappa shape index (κ3) is 2.13. The molecule has 2 heterocycles. The van der Waals surface area contributed by atoms with Gasteiger partial charge in [0.15, 0.2) is 0 Å². The standard InChI is InChI=1S/C14H15N3O2/c18-9-17-6-5-15-8-13(17)14(19)12-7-10-3-1-2-4-11(10)16-12/h1-4,7,9,13,15-16H,5-6,8H2. The molecule has 1 saturated heterocycles. The zero-order chi connectivity index (χ0) is 13.2. The van der Waals surface area contributed by atoms with Gasteiger partial charge < -0.3 is 15.2 Å². The Kier molecular flexibility index (Phi) is 3.05. The average Bonchev–Trinajstić information content (AvgIpc) is 2.90. The summed E-state index contributed by atoms with van der Waals surface area (Å²) >= 11 is 0. The second-order valence-electron chi connectivity index (χ2n) is 4.70. The molecule has 2 N–H and O–H groups in total. The van der Waals surface area contributed by atoms with Gasteiger partial charge in [0, 0.05) is 30.5 Å². The van der Waals surface area contributed by atoms with Gasteiger partial charge in [-0.05, 0) is 12.1 Å². The number of carbonyl (C=O) groups excluding carboxylic acids is 2. The zero-order valence-electron chi connectivity index (χ0n) is 10.4. The summed E-state index contributed by atoms with van der Waals surface area (Å²) < 4.78 is 0. The fraction of sp³-hybridized carbons (Fsp3) is 0.286. The number of ketones is 1. The lowest BCUT2D eigenvalue weighted by Crippen LogP contribution is -2.54. The molecule has 0 radical (unpaired) electrons. The predicted molar refractivity (Wildman–Crippen MR) is 72.1 cm³/mol. The van der Waals surface area contributed by atoms with E-state index in [-0.39, 0.29) is 5.78 Å². The summed E-state index contributed by atoms with van der Waals surface area (Å²) in [5.41, 5.74) is 1.49. The van der Waals surface area contributed by atoms with E-state index >= 15 is 0 Å². The van der Waals surface area contributed by atoms with E-state index in [1.807, 2.05) is 30.3 Å². The first kappa shape index (κ1) is 11.9. The van der Waals surface area contributed by atoms with Crippen molar-refractivity contribution < 1.29 is 9.59 Å². The van der Waals surface area contributed by atoms with E-state index in [4.69, 9.17) is 0 Å². The van der Waals surface area contributed by atoms with E-state index in [0.29, 0.717) is 18.8 Å². The number of fused-ring (bicyclic) bond motifs is 1. The maximum Gasteiger partial charge on any atom is 0.210 e. The number of piperazine rings is 1. The highest BCUT2D eigenvalue weighted by Crippen LogP contribution is 2.17. The van der Waals surface area contributed by atoms with Crippen LogP contribution in [-0.2, 0) is 4.79 Å². The third-order valence-corrected chi connectivity index (χ3v) is 3.52. The van der Waals surface area contributed by atoms with Crippen LogP contribution < -0.4 is 5.32 Å². The Morgan fingerprint density at radius 2 is 2.21 bits per heavy atom. The molecule has 1 aromatic carbocycles. The van der Waals surface area contributed by atoms with E-state index in [9.17, 15) is 9.59 Å². The molecule has 5 heteroatoms. The van der Waals surface area contributed by atoms with E-state index in [1.54, 1.807) is 4.90 Å². The van der Waals surface area contributed by atoms with Crippen molar-refractivity contribution >= 4 is 23.1 Å². The molecule has 98 valence electrons. The summed E-state index contributed by atoms with van der Waals surface area (Å²) in [6.45, 7) is 1.81. The van der Waals surface area contributed by atoms with Crippen LogP contribution in [0.1, 0.15) is 10.5 Å². The molecule has 5 nitrogen and oxygen atoms in total. The van der Waals surface area contributed by atoms with E-state index in [1.165, 1.54) is 0 Å². The highest BCUT2D eigenvalue weighted by molar-refractivity contribution is 6.03. The Labute approximate surface area is 110 Å². The fourth-order valence-electron chi connectivity index (χ4n) is 2.48. The van der Waals surface area contributed by atoms with Crippen molar-refractivity contribution in [3.05, 3.63) is 36.0 Å². The van der Waals surface area contributed by atoms with Crippen molar-refractivity contribution in [2.24, 2.45) is 0 Å². The molecule has 2 aromatic rings. The van der Waals surface area contributed by atoms with Gasteiger partial charge in [0.1, 0.15) is 6.04 Å². The van der Waals surface area contributed by atoms with E-state index < -0.39 is 6.04 Å². The van der Waals surface area contributed by atoms with Crippen LogP contribution in [0.15, 0.2) is 30.3 Å². The summed E-state index contributed by atoms with van der Waals surface area (Å²) in [6.07, 6.45) is 0.756. The second-order valence-corrected chi connectivity index (χ2v) is 4.70. The van der Waals surface area contributed by atoms with Gasteiger partial charge in [-0.1, -0.05) is 18.2 Å². The molecule has 1 unspecified atom stereocenters. The van der Waals surface area contributed by atoms with E-state index in [2.05, 4.69) is 10.3 Å². The Bertz CT molecular complexity index is 587. The monoisotopic (exact) mass is 257 g/mol. The van der Waals surface area contributed by atoms with Gasteiger partial charge in [-0.25, -0.2) is 0 Å². The number of Topliss-reactive ketones (excluding diaryl/α,β-unsaturated/α-hetero) is 1. The number of aromatic amines is 1. The number of nitrogens with zero attached hydrogens (tertiary/aromatic N) is 1. The third-order valence-electron chi connectivity index (χ3n) is 3.52. The number of para-hydroxylation sites is 1. The number of rotatable bonds is 3. The number of H-pyrrole nitrogens is 1. The first-order valence-electron chi connectivity index (χ1n) is 6.33. The number of aromatic nitrogens is 1. The Morgan fingerprint density at radius 3 is 3.00 bits per heavy atom. The minimum absolute atomic E-state index is 0.0458. The minimum Gasteiger partial charge on any atom is -0.352 e. The lowest BCUT2D eigenvalue weighted by molar-refractivity contribution is -0.120. The summed E-state index contributed by atoms with van der Waals surface area (Å²) in [5, 5.41) is 4.16. The van der Waals surface area contributed by atoms with Gasteiger partial charge >= 0.3 is 0 Å². The van der Waals surface area contributed by atoms with Crippen molar-refractivity contribution in [2.45, 2.75) is 6.04 Å². The SMILES string of the molecule is O=CN1CCNCC1C(=O)c1cc2ccccc2[nH]1. The van der Waals surface area contributed by atoms with Crippen LogP contribution in [0.2, 0.25) is 0 Å². The Hall–Kier alpha value is -2.14. The van der Waals surface area contributed by atoms with Gasteiger partial charge in [-0.2, -0.15) is 0 Å². The maximum absolute atomic E-state index is 12.5. The van der Waals surface area contributed by atoms with Crippen LogP contribution in [0.3, 0.4) is 0 Å². The molecule has 0 saturated carbocycles. The second kappa shape index (κ2) is 4.85. The molecule has 1 atom stereocenters. The Morgan fingerprint density at radius 1 is 1.37 bits per heavy atom. The largest absolute Gasteiger partial charge is 0.352 e. The molecule has 1 aliphatic heterocycles. The summed E-state index contributed by atoms with van der Waals surface area (Å²) in [5.74, 6) is -0.0458. The van der Waals surface area contributed by atoms with Gasteiger partial charge in [0.25, 0.3) is 0 Å². The number of carbonyl (C=O) groups is 2. The first-order chi connectivity index (χ1) is 9.29. The van der Waals surface area contributed by atoms with Crippen LogP contribution in [0.4, 0.5) is 0 Å². The van der Waals surface area contributed by atoms with Gasteiger partial charge in [0.05, 0.1) is 5.69 Å². The minimum atomic E-state index is -0.417. The van der Waals surface area contributed by atoms with Gasteiger partial charge in [0.2, 0.25) is 12.2 Å². The quantitative estimate of drug-likeness (QED) is 0.631. The number of amides is 1. The van der Waals surface area contributed by atoms with Crippen molar-refractivity contribution in [3.8, 4) is 0 Å². The molecular weight excluding hydrogens is 242 g/mol. The number of nitrogens with one attached hydrogen (secondary N) is 2. The first-order valence-corrected chi connectivity index (χ1v) is 6.33. The predicted octanol–water partition coefficient (Wildman–Crippen LogP) is 0.781. The molecule has 1 aromatic heterocycles. The van der Waals surface area contributed by atoms with Crippen molar-refractivity contribution in [3.63, 3.8) is 0 Å². The van der Waals surface area contributed by atoms with Crippen molar-refractivity contribution in [1.29, 1.82) is 0 Å². The molecule has 1 fully saturated rings. The number of hydrogen-bond acceptors (Lipinski definition) is 3. The lowest BCUT2D eigenvalue weighted by Gasteiger charge is -2.31. The molecular formula is C14H15N3O2. The van der Waals surface area contributed by atoms with Crippen LogP contribution in [0, 0.1) is 0 Å². The lowest BCUT2D eigenvalue weighted by atomic mass is 10.1.